The third-order valence-corrected chi connectivity index (χ3v) is 5.63. The van der Waals surface area contributed by atoms with Crippen LogP contribution in [0.4, 0.5) is 0 Å². The van der Waals surface area contributed by atoms with Crippen LogP contribution in [0.25, 0.3) is 0 Å². The second kappa shape index (κ2) is 5.72. The van der Waals surface area contributed by atoms with Gasteiger partial charge in [-0.25, -0.2) is 0 Å². The van der Waals surface area contributed by atoms with Crippen molar-refractivity contribution < 1.29 is 0 Å². The SMILES string of the molecule is CC(C)C1CC(CN)(N(C)CCc2cccs2)C1. The summed E-state index contributed by atoms with van der Waals surface area (Å²) in [6, 6.07) is 4.36. The molecule has 0 aromatic carbocycles. The van der Waals surface area contributed by atoms with Gasteiger partial charge < -0.3 is 5.73 Å². The van der Waals surface area contributed by atoms with E-state index in [1.54, 1.807) is 0 Å². The van der Waals surface area contributed by atoms with Crippen molar-refractivity contribution >= 4 is 11.3 Å². The molecule has 0 aliphatic heterocycles. The van der Waals surface area contributed by atoms with Crippen molar-refractivity contribution in [3.05, 3.63) is 22.4 Å². The molecule has 3 heteroatoms. The molecule has 0 spiro atoms. The molecule has 0 radical (unpaired) electrons. The van der Waals surface area contributed by atoms with Crippen molar-refractivity contribution in [2.75, 3.05) is 20.1 Å². The fourth-order valence-corrected chi connectivity index (χ4v) is 3.69. The Morgan fingerprint density at radius 1 is 1.50 bits per heavy atom. The van der Waals surface area contributed by atoms with Crippen LogP contribution in [-0.2, 0) is 6.42 Å². The molecule has 0 saturated heterocycles. The van der Waals surface area contributed by atoms with Gasteiger partial charge in [0.2, 0.25) is 0 Å². The molecule has 2 N–H and O–H groups in total. The molecule has 1 aromatic rings. The van der Waals surface area contributed by atoms with Crippen molar-refractivity contribution in [2.45, 2.75) is 38.6 Å². The lowest BCUT2D eigenvalue weighted by Gasteiger charge is -2.54. The monoisotopic (exact) mass is 266 g/mol. The van der Waals surface area contributed by atoms with Gasteiger partial charge in [0.15, 0.2) is 0 Å². The Kier molecular flexibility index (Phi) is 4.46. The number of thiophene rings is 1. The highest BCUT2D eigenvalue weighted by Crippen LogP contribution is 2.44. The van der Waals surface area contributed by atoms with E-state index in [4.69, 9.17) is 5.73 Å². The zero-order valence-corrected chi connectivity index (χ0v) is 12.7. The second-order valence-electron chi connectivity index (χ2n) is 6.09. The first kappa shape index (κ1) is 14.0. The van der Waals surface area contributed by atoms with Crippen molar-refractivity contribution in [3.63, 3.8) is 0 Å². The normalized spacial score (nSPS) is 27.8. The maximum atomic E-state index is 6.04. The summed E-state index contributed by atoms with van der Waals surface area (Å²) in [7, 11) is 2.25. The summed E-state index contributed by atoms with van der Waals surface area (Å²) in [5.41, 5.74) is 6.33. The highest BCUT2D eigenvalue weighted by atomic mass is 32.1. The van der Waals surface area contributed by atoms with E-state index in [1.165, 1.54) is 17.7 Å². The number of hydrogen-bond donors (Lipinski definition) is 1. The van der Waals surface area contributed by atoms with Gasteiger partial charge in [0.1, 0.15) is 0 Å². The molecule has 18 heavy (non-hydrogen) atoms. The average Bonchev–Trinajstić information content (AvgIpc) is 2.78. The summed E-state index contributed by atoms with van der Waals surface area (Å²) < 4.78 is 0. The van der Waals surface area contributed by atoms with Gasteiger partial charge in [0, 0.05) is 23.5 Å². The van der Waals surface area contributed by atoms with E-state index in [0.717, 1.165) is 31.3 Å². The topological polar surface area (TPSA) is 29.3 Å². The minimum Gasteiger partial charge on any atom is -0.329 e. The highest BCUT2D eigenvalue weighted by Gasteiger charge is 2.46. The number of likely N-dealkylation sites (N-methyl/N-ethyl adjacent to an activating group) is 1. The molecule has 1 aromatic heterocycles. The van der Waals surface area contributed by atoms with E-state index in [9.17, 15) is 0 Å². The van der Waals surface area contributed by atoms with Gasteiger partial charge >= 0.3 is 0 Å². The quantitative estimate of drug-likeness (QED) is 0.857. The zero-order chi connectivity index (χ0) is 13.2. The number of nitrogens with two attached hydrogens (primary N) is 1. The van der Waals surface area contributed by atoms with Gasteiger partial charge in [0.05, 0.1) is 0 Å². The summed E-state index contributed by atoms with van der Waals surface area (Å²) in [6.07, 6.45) is 3.71. The van der Waals surface area contributed by atoms with Crippen LogP contribution in [-0.4, -0.2) is 30.6 Å². The van der Waals surface area contributed by atoms with Crippen LogP contribution in [0.1, 0.15) is 31.6 Å². The Balaban J connectivity index is 1.85. The molecule has 1 saturated carbocycles. The smallest absolute Gasteiger partial charge is 0.0334 e. The Morgan fingerprint density at radius 2 is 2.22 bits per heavy atom. The zero-order valence-electron chi connectivity index (χ0n) is 11.9. The van der Waals surface area contributed by atoms with Crippen molar-refractivity contribution in [1.29, 1.82) is 0 Å². The van der Waals surface area contributed by atoms with Gasteiger partial charge in [-0.15, -0.1) is 11.3 Å². The summed E-state index contributed by atoms with van der Waals surface area (Å²) in [5.74, 6) is 1.67. The van der Waals surface area contributed by atoms with Gasteiger partial charge in [-0.1, -0.05) is 19.9 Å². The van der Waals surface area contributed by atoms with Crippen molar-refractivity contribution in [1.82, 2.24) is 4.90 Å². The lowest BCUT2D eigenvalue weighted by Crippen LogP contribution is -2.61. The van der Waals surface area contributed by atoms with E-state index < -0.39 is 0 Å². The van der Waals surface area contributed by atoms with Gasteiger partial charge in [-0.05, 0) is 49.6 Å². The molecule has 0 atom stereocenters. The highest BCUT2D eigenvalue weighted by molar-refractivity contribution is 7.09. The van der Waals surface area contributed by atoms with Crippen LogP contribution in [0.5, 0.6) is 0 Å². The van der Waals surface area contributed by atoms with E-state index in [1.807, 2.05) is 11.3 Å². The minimum absolute atomic E-state index is 0.284. The average molecular weight is 266 g/mol. The van der Waals surface area contributed by atoms with Crippen LogP contribution >= 0.6 is 11.3 Å². The number of rotatable bonds is 6. The Labute approximate surface area is 115 Å². The maximum absolute atomic E-state index is 6.04. The Bertz CT molecular complexity index is 353. The number of nitrogens with zero attached hydrogens (tertiary/aromatic N) is 1. The molecular weight excluding hydrogens is 240 g/mol. The maximum Gasteiger partial charge on any atom is 0.0334 e. The Morgan fingerprint density at radius 3 is 2.72 bits per heavy atom. The van der Waals surface area contributed by atoms with Crippen LogP contribution < -0.4 is 5.73 Å². The van der Waals surface area contributed by atoms with Crippen LogP contribution in [0.2, 0.25) is 0 Å². The predicted octanol–water partition coefficient (Wildman–Crippen LogP) is 2.99. The molecule has 1 fully saturated rings. The largest absolute Gasteiger partial charge is 0.329 e. The van der Waals surface area contributed by atoms with E-state index >= 15 is 0 Å². The molecule has 1 heterocycles. The predicted molar refractivity (Wildman–Crippen MR) is 80.0 cm³/mol. The third-order valence-electron chi connectivity index (χ3n) is 4.69. The molecule has 102 valence electrons. The fraction of sp³-hybridized carbons (Fsp3) is 0.733. The van der Waals surface area contributed by atoms with Crippen LogP contribution in [0.3, 0.4) is 0 Å². The second-order valence-corrected chi connectivity index (χ2v) is 7.12. The van der Waals surface area contributed by atoms with E-state index in [2.05, 4.69) is 43.3 Å². The first-order chi connectivity index (χ1) is 8.57. The molecule has 2 rings (SSSR count). The molecular formula is C15H26N2S. The summed E-state index contributed by atoms with van der Waals surface area (Å²) >= 11 is 1.86. The lowest BCUT2D eigenvalue weighted by molar-refractivity contribution is -0.0188. The first-order valence-electron chi connectivity index (χ1n) is 7.01. The summed E-state index contributed by atoms with van der Waals surface area (Å²) in [4.78, 5) is 3.99. The molecule has 1 aliphatic rings. The fourth-order valence-electron chi connectivity index (χ4n) is 2.99. The van der Waals surface area contributed by atoms with Crippen molar-refractivity contribution in [3.8, 4) is 0 Å². The Hall–Kier alpha value is -0.380. The minimum atomic E-state index is 0.284. The molecule has 1 aliphatic carbocycles. The van der Waals surface area contributed by atoms with Crippen molar-refractivity contribution in [2.24, 2.45) is 17.6 Å². The van der Waals surface area contributed by atoms with Gasteiger partial charge in [-0.2, -0.15) is 0 Å². The van der Waals surface area contributed by atoms with E-state index in [-0.39, 0.29) is 5.54 Å². The molecule has 0 unspecified atom stereocenters. The van der Waals surface area contributed by atoms with Gasteiger partial charge in [0.25, 0.3) is 0 Å². The molecule has 0 amide bonds. The lowest BCUT2D eigenvalue weighted by atomic mass is 9.63. The molecule has 0 bridgehead atoms. The third kappa shape index (κ3) is 2.79. The number of hydrogen-bond acceptors (Lipinski definition) is 3. The van der Waals surface area contributed by atoms with Gasteiger partial charge in [-0.3, -0.25) is 4.90 Å². The first-order valence-corrected chi connectivity index (χ1v) is 7.89. The van der Waals surface area contributed by atoms with Crippen LogP contribution in [0, 0.1) is 11.8 Å². The molecule has 2 nitrogen and oxygen atoms in total. The standard InChI is InChI=1S/C15H26N2S/c1-12(2)13-9-15(10-13,11-16)17(3)7-6-14-5-4-8-18-14/h4-5,8,12-13H,6-7,9-11,16H2,1-3H3. The van der Waals surface area contributed by atoms with E-state index in [0.29, 0.717) is 0 Å². The van der Waals surface area contributed by atoms with Crippen LogP contribution in [0.15, 0.2) is 17.5 Å². The summed E-state index contributed by atoms with van der Waals surface area (Å²) in [6.45, 7) is 6.59. The summed E-state index contributed by atoms with van der Waals surface area (Å²) in [5, 5.41) is 2.16.